The molecule has 0 bridgehead atoms. The molecule has 0 radical (unpaired) electrons. The maximum absolute atomic E-state index is 11.6. The van der Waals surface area contributed by atoms with Crippen molar-refractivity contribution in [2.45, 2.75) is 39.2 Å². The molecular weight excluding hydrogens is 214 g/mol. The Labute approximate surface area is 102 Å². The predicted octanol–water partition coefficient (Wildman–Crippen LogP) is 2.43. The van der Waals surface area contributed by atoms with Crippen LogP contribution >= 0.6 is 0 Å². The van der Waals surface area contributed by atoms with Crippen LogP contribution in [0.5, 0.6) is 0 Å². The van der Waals surface area contributed by atoms with Gasteiger partial charge in [0.1, 0.15) is 0 Å². The van der Waals surface area contributed by atoms with Crippen molar-refractivity contribution in [1.29, 1.82) is 0 Å². The minimum atomic E-state index is -0.434. The number of aliphatic hydroxyl groups is 1. The topological polar surface area (TPSA) is 40.5 Å². The second kappa shape index (κ2) is 4.88. The predicted molar refractivity (Wildman–Crippen MR) is 68.0 cm³/mol. The van der Waals surface area contributed by atoms with Gasteiger partial charge in [0.25, 0.3) is 0 Å². The number of aryl methyl sites for hydroxylation is 1. The maximum Gasteiger partial charge on any atom is 0.223 e. The van der Waals surface area contributed by atoms with Gasteiger partial charge in [0, 0.05) is 19.2 Å². The van der Waals surface area contributed by atoms with Gasteiger partial charge in [0.05, 0.1) is 6.10 Å². The van der Waals surface area contributed by atoms with Crippen molar-refractivity contribution >= 4 is 11.6 Å². The number of carbonyl (C=O) groups is 1. The van der Waals surface area contributed by atoms with Gasteiger partial charge in [-0.2, -0.15) is 0 Å². The summed E-state index contributed by atoms with van der Waals surface area (Å²) in [5, 5.41) is 9.85. The smallest absolute Gasteiger partial charge is 0.223 e. The van der Waals surface area contributed by atoms with Gasteiger partial charge in [-0.25, -0.2) is 0 Å². The van der Waals surface area contributed by atoms with E-state index in [1.165, 1.54) is 5.56 Å². The molecule has 1 atom stereocenters. The Morgan fingerprint density at radius 1 is 1.53 bits per heavy atom. The molecule has 0 aliphatic carbocycles. The van der Waals surface area contributed by atoms with Crippen LogP contribution in [-0.4, -0.2) is 17.6 Å². The average Bonchev–Trinajstić information content (AvgIpc) is 2.36. The largest absolute Gasteiger partial charge is 0.388 e. The second-order valence-electron chi connectivity index (χ2n) is 4.59. The van der Waals surface area contributed by atoms with Crippen molar-refractivity contribution in [3.63, 3.8) is 0 Å². The summed E-state index contributed by atoms with van der Waals surface area (Å²) in [6.07, 6.45) is 2.29. The van der Waals surface area contributed by atoms with Crippen LogP contribution in [0, 0.1) is 0 Å². The summed E-state index contributed by atoms with van der Waals surface area (Å²) >= 11 is 0. The van der Waals surface area contributed by atoms with Crippen LogP contribution in [0.4, 0.5) is 5.69 Å². The van der Waals surface area contributed by atoms with Gasteiger partial charge in [-0.1, -0.05) is 19.1 Å². The molecule has 2 rings (SSSR count). The van der Waals surface area contributed by atoms with Crippen LogP contribution in [0.1, 0.15) is 43.9 Å². The fraction of sp³-hybridized carbons (Fsp3) is 0.500. The van der Waals surface area contributed by atoms with E-state index in [0.29, 0.717) is 6.42 Å². The van der Waals surface area contributed by atoms with E-state index in [4.69, 9.17) is 0 Å². The normalized spacial score (nSPS) is 16.5. The zero-order chi connectivity index (χ0) is 12.4. The lowest BCUT2D eigenvalue weighted by Crippen LogP contribution is -2.33. The molecule has 3 nitrogen and oxygen atoms in total. The highest BCUT2D eigenvalue weighted by Gasteiger charge is 2.20. The van der Waals surface area contributed by atoms with E-state index >= 15 is 0 Å². The summed E-state index contributed by atoms with van der Waals surface area (Å²) in [6, 6.07) is 5.97. The molecule has 1 aromatic carbocycles. The van der Waals surface area contributed by atoms with E-state index in [9.17, 15) is 9.90 Å². The van der Waals surface area contributed by atoms with E-state index in [1.54, 1.807) is 6.92 Å². The first-order valence-corrected chi connectivity index (χ1v) is 6.22. The summed E-state index contributed by atoms with van der Waals surface area (Å²) in [6.45, 7) is 4.33. The van der Waals surface area contributed by atoms with Gasteiger partial charge in [-0.05, 0) is 36.5 Å². The highest BCUT2D eigenvalue weighted by Crippen LogP contribution is 2.30. The van der Waals surface area contributed by atoms with Crippen LogP contribution in [-0.2, 0) is 11.2 Å². The molecule has 17 heavy (non-hydrogen) atoms. The monoisotopic (exact) mass is 233 g/mol. The lowest BCUT2D eigenvalue weighted by atomic mass is 9.97. The van der Waals surface area contributed by atoms with Gasteiger partial charge in [-0.3, -0.25) is 4.79 Å². The minimum absolute atomic E-state index is 0.0779. The number of benzene rings is 1. The molecule has 0 saturated carbocycles. The highest BCUT2D eigenvalue weighted by atomic mass is 16.3. The van der Waals surface area contributed by atoms with Crippen LogP contribution in [0.3, 0.4) is 0 Å². The first-order chi connectivity index (χ1) is 8.13. The first-order valence-electron chi connectivity index (χ1n) is 6.22. The lowest BCUT2D eigenvalue weighted by Gasteiger charge is -2.29. The van der Waals surface area contributed by atoms with Gasteiger partial charge in [-0.15, -0.1) is 0 Å². The summed E-state index contributed by atoms with van der Waals surface area (Å²) in [5.41, 5.74) is 3.09. The van der Waals surface area contributed by atoms with Crippen molar-refractivity contribution in [2.24, 2.45) is 0 Å². The number of fused-ring (bicyclic) bond motifs is 1. The first kappa shape index (κ1) is 12.1. The molecular formula is C14H19NO2. The fourth-order valence-electron chi connectivity index (χ4n) is 2.36. The fourth-order valence-corrected chi connectivity index (χ4v) is 2.36. The highest BCUT2D eigenvalue weighted by molar-refractivity contribution is 5.92. The lowest BCUT2D eigenvalue weighted by molar-refractivity contribution is -0.116. The number of hydrogen-bond donors (Lipinski definition) is 1. The average molecular weight is 233 g/mol. The molecule has 1 unspecified atom stereocenters. The molecule has 1 aliphatic rings. The van der Waals surface area contributed by atoms with Crippen LogP contribution in [0.2, 0.25) is 0 Å². The van der Waals surface area contributed by atoms with Crippen LogP contribution in [0.15, 0.2) is 18.2 Å². The quantitative estimate of drug-likeness (QED) is 0.852. The van der Waals surface area contributed by atoms with Crippen LogP contribution < -0.4 is 4.90 Å². The molecule has 1 heterocycles. The van der Waals surface area contributed by atoms with Crippen LogP contribution in [0.25, 0.3) is 0 Å². The number of hydrogen-bond acceptors (Lipinski definition) is 2. The maximum atomic E-state index is 11.6. The molecule has 0 saturated heterocycles. The molecule has 1 aromatic rings. The summed E-state index contributed by atoms with van der Waals surface area (Å²) in [4.78, 5) is 13.4. The second-order valence-corrected chi connectivity index (χ2v) is 4.59. The van der Waals surface area contributed by atoms with Gasteiger partial charge in [0.15, 0.2) is 0 Å². The molecule has 0 spiro atoms. The zero-order valence-electron chi connectivity index (χ0n) is 10.4. The number of anilines is 1. The van der Waals surface area contributed by atoms with E-state index in [1.807, 2.05) is 30.0 Å². The minimum Gasteiger partial charge on any atom is -0.388 e. The summed E-state index contributed by atoms with van der Waals surface area (Å²) in [7, 11) is 0. The molecule has 1 amide bonds. The Bertz CT molecular complexity index is 428. The summed E-state index contributed by atoms with van der Waals surface area (Å²) in [5.74, 6) is 0.0779. The number of aliphatic hydroxyl groups excluding tert-OH is 1. The SMILES string of the molecule is CCC(O)c1ccc2c(c1)N(C(C)=O)CCC2. The Kier molecular flexibility index (Phi) is 3.48. The third-order valence-corrected chi connectivity index (χ3v) is 3.38. The van der Waals surface area contributed by atoms with Crippen molar-refractivity contribution in [3.05, 3.63) is 29.3 Å². The number of carbonyl (C=O) groups excluding carboxylic acids is 1. The molecule has 1 aliphatic heterocycles. The third-order valence-electron chi connectivity index (χ3n) is 3.38. The van der Waals surface area contributed by atoms with E-state index in [2.05, 4.69) is 0 Å². The number of amides is 1. The Morgan fingerprint density at radius 2 is 2.29 bits per heavy atom. The number of rotatable bonds is 2. The standard InChI is InChI=1S/C14H19NO2/c1-3-14(17)12-7-6-11-5-4-8-15(10(2)16)13(11)9-12/h6-7,9,14,17H,3-5,8H2,1-2H3. The molecule has 0 fully saturated rings. The Balaban J connectivity index is 2.40. The van der Waals surface area contributed by atoms with Crippen molar-refractivity contribution in [2.75, 3.05) is 11.4 Å². The van der Waals surface area contributed by atoms with Gasteiger partial charge in [0.2, 0.25) is 5.91 Å². The van der Waals surface area contributed by atoms with Gasteiger partial charge >= 0.3 is 0 Å². The molecule has 3 heteroatoms. The summed E-state index contributed by atoms with van der Waals surface area (Å²) < 4.78 is 0. The van der Waals surface area contributed by atoms with Crippen molar-refractivity contribution < 1.29 is 9.90 Å². The van der Waals surface area contributed by atoms with Crippen molar-refractivity contribution in [1.82, 2.24) is 0 Å². The van der Waals surface area contributed by atoms with Crippen molar-refractivity contribution in [3.8, 4) is 0 Å². The Hall–Kier alpha value is -1.35. The van der Waals surface area contributed by atoms with Gasteiger partial charge < -0.3 is 10.0 Å². The van der Waals surface area contributed by atoms with E-state index in [-0.39, 0.29) is 5.91 Å². The molecule has 0 aromatic heterocycles. The third kappa shape index (κ3) is 2.34. The Morgan fingerprint density at radius 3 is 2.94 bits per heavy atom. The van der Waals surface area contributed by atoms with E-state index < -0.39 is 6.10 Å². The molecule has 1 N–H and O–H groups in total. The molecule has 92 valence electrons. The number of nitrogens with zero attached hydrogens (tertiary/aromatic N) is 1. The zero-order valence-corrected chi connectivity index (χ0v) is 10.4. The van der Waals surface area contributed by atoms with E-state index in [0.717, 1.165) is 30.6 Å².